The van der Waals surface area contributed by atoms with Crippen molar-refractivity contribution in [3.8, 4) is 11.5 Å². The van der Waals surface area contributed by atoms with Crippen LogP contribution < -0.4 is 14.8 Å². The Bertz CT molecular complexity index is 1050. The van der Waals surface area contributed by atoms with E-state index in [1.165, 1.54) is 6.42 Å². The van der Waals surface area contributed by atoms with E-state index < -0.39 is 0 Å². The number of benzene rings is 2. The van der Waals surface area contributed by atoms with Gasteiger partial charge in [0, 0.05) is 15.0 Å². The molecule has 4 rings (SSSR count). The lowest BCUT2D eigenvalue weighted by Gasteiger charge is -2.29. The van der Waals surface area contributed by atoms with Crippen LogP contribution in [0.5, 0.6) is 11.5 Å². The van der Waals surface area contributed by atoms with Crippen LogP contribution in [-0.4, -0.2) is 29.1 Å². The molecule has 1 N–H and O–H groups in total. The molecule has 1 aliphatic carbocycles. The van der Waals surface area contributed by atoms with Gasteiger partial charge in [-0.25, -0.2) is 0 Å². The number of carbonyl (C=O) groups excluding carboxylic acids is 1. The van der Waals surface area contributed by atoms with Gasteiger partial charge in [0.25, 0.3) is 5.91 Å². The Kier molecular flexibility index (Phi) is 7.53. The van der Waals surface area contributed by atoms with Crippen LogP contribution in [0.4, 0.5) is 0 Å². The Labute approximate surface area is 210 Å². The summed E-state index contributed by atoms with van der Waals surface area (Å²) in [6.45, 7) is 0.418. The molecule has 1 saturated carbocycles. The second-order valence-corrected chi connectivity index (χ2v) is 10.1. The zero-order valence-corrected chi connectivity index (χ0v) is 21.7. The summed E-state index contributed by atoms with van der Waals surface area (Å²) in [6, 6.07) is 11.9. The number of ether oxygens (including phenoxy) is 2. The number of rotatable bonds is 6. The number of hydrogen-bond acceptors (Lipinski definition) is 4. The molecule has 1 amide bonds. The molecule has 2 aromatic carbocycles. The summed E-state index contributed by atoms with van der Waals surface area (Å²) in [5, 5.41) is 3.59. The number of amides is 1. The van der Waals surface area contributed by atoms with Crippen LogP contribution in [0.15, 0.2) is 51.0 Å². The first-order valence-electron chi connectivity index (χ1n) is 10.6. The van der Waals surface area contributed by atoms with Gasteiger partial charge in [0.1, 0.15) is 12.3 Å². The van der Waals surface area contributed by atoms with E-state index in [0.717, 1.165) is 45.8 Å². The molecular weight excluding hydrogens is 556 g/mol. The van der Waals surface area contributed by atoms with Crippen molar-refractivity contribution in [2.24, 2.45) is 0 Å². The number of carbonyl (C=O) groups is 1. The lowest BCUT2D eigenvalue weighted by molar-refractivity contribution is -0.124. The maximum Gasteiger partial charge on any atom is 0.276 e. The minimum atomic E-state index is -0.0664. The number of thiocarbonyl (C=S) groups is 1. The molecule has 32 heavy (non-hydrogen) atoms. The fourth-order valence-electron chi connectivity index (χ4n) is 4.05. The SMILES string of the molecule is COc1cc(/C=C2\NC(=S)N(C3CCCCC3)C2=O)c(Br)cc1OCc1ccc(Br)cc1. The molecule has 0 radical (unpaired) electrons. The first-order valence-corrected chi connectivity index (χ1v) is 12.6. The summed E-state index contributed by atoms with van der Waals surface area (Å²) in [5.74, 6) is 1.15. The average Bonchev–Trinajstić information content (AvgIpc) is 3.08. The molecule has 8 heteroatoms. The van der Waals surface area contributed by atoms with E-state index in [0.29, 0.717) is 28.9 Å². The predicted molar refractivity (Wildman–Crippen MR) is 137 cm³/mol. The summed E-state index contributed by atoms with van der Waals surface area (Å²) in [5.41, 5.74) is 2.34. The summed E-state index contributed by atoms with van der Waals surface area (Å²) in [7, 11) is 1.60. The molecule has 168 valence electrons. The van der Waals surface area contributed by atoms with Crippen molar-refractivity contribution in [1.29, 1.82) is 0 Å². The molecule has 2 fully saturated rings. The smallest absolute Gasteiger partial charge is 0.276 e. The third-order valence-electron chi connectivity index (χ3n) is 5.74. The van der Waals surface area contributed by atoms with Crippen molar-refractivity contribution in [3.63, 3.8) is 0 Å². The van der Waals surface area contributed by atoms with Crippen molar-refractivity contribution in [1.82, 2.24) is 10.2 Å². The second kappa shape index (κ2) is 10.4. The number of nitrogens with zero attached hydrogens (tertiary/aromatic N) is 1. The van der Waals surface area contributed by atoms with Gasteiger partial charge in [-0.1, -0.05) is 63.3 Å². The van der Waals surface area contributed by atoms with E-state index in [1.54, 1.807) is 12.0 Å². The fourth-order valence-corrected chi connectivity index (χ4v) is 5.09. The minimum absolute atomic E-state index is 0.0664. The van der Waals surface area contributed by atoms with E-state index in [4.69, 9.17) is 21.7 Å². The summed E-state index contributed by atoms with van der Waals surface area (Å²) < 4.78 is 13.4. The van der Waals surface area contributed by atoms with Gasteiger partial charge in [-0.3, -0.25) is 9.69 Å². The van der Waals surface area contributed by atoms with Crippen LogP contribution >= 0.6 is 44.1 Å². The van der Waals surface area contributed by atoms with Gasteiger partial charge in [0.15, 0.2) is 16.6 Å². The topological polar surface area (TPSA) is 50.8 Å². The van der Waals surface area contributed by atoms with Crippen LogP contribution in [0.3, 0.4) is 0 Å². The molecule has 1 saturated heterocycles. The normalized spacial score (nSPS) is 18.2. The van der Waals surface area contributed by atoms with Crippen molar-refractivity contribution in [2.75, 3.05) is 7.11 Å². The van der Waals surface area contributed by atoms with Crippen LogP contribution in [0.1, 0.15) is 43.2 Å². The van der Waals surface area contributed by atoms with Gasteiger partial charge in [0.05, 0.1) is 7.11 Å². The monoisotopic (exact) mass is 578 g/mol. The van der Waals surface area contributed by atoms with Gasteiger partial charge in [-0.15, -0.1) is 0 Å². The van der Waals surface area contributed by atoms with Crippen LogP contribution in [0.25, 0.3) is 6.08 Å². The maximum absolute atomic E-state index is 13.1. The van der Waals surface area contributed by atoms with Gasteiger partial charge in [-0.05, 0) is 66.5 Å². The molecule has 0 unspecified atom stereocenters. The molecule has 0 aromatic heterocycles. The highest BCUT2D eigenvalue weighted by Gasteiger charge is 2.36. The van der Waals surface area contributed by atoms with Crippen molar-refractivity contribution >= 4 is 61.2 Å². The third-order valence-corrected chi connectivity index (χ3v) is 7.25. The lowest BCUT2D eigenvalue weighted by atomic mass is 9.94. The third kappa shape index (κ3) is 5.18. The Balaban J connectivity index is 1.53. The van der Waals surface area contributed by atoms with Gasteiger partial charge >= 0.3 is 0 Å². The molecule has 2 aromatic rings. The lowest BCUT2D eigenvalue weighted by Crippen LogP contribution is -2.41. The number of hydrogen-bond donors (Lipinski definition) is 1. The first-order chi connectivity index (χ1) is 15.5. The van der Waals surface area contributed by atoms with Crippen molar-refractivity contribution in [2.45, 2.75) is 44.8 Å². The Morgan fingerprint density at radius 1 is 1.12 bits per heavy atom. The zero-order valence-electron chi connectivity index (χ0n) is 17.7. The second-order valence-electron chi connectivity index (χ2n) is 7.89. The van der Waals surface area contributed by atoms with Gasteiger partial charge in [-0.2, -0.15) is 0 Å². The van der Waals surface area contributed by atoms with E-state index in [1.807, 2.05) is 42.5 Å². The molecule has 0 spiro atoms. The highest BCUT2D eigenvalue weighted by Crippen LogP contribution is 2.36. The van der Waals surface area contributed by atoms with Gasteiger partial charge in [0.2, 0.25) is 0 Å². The van der Waals surface area contributed by atoms with E-state index in [2.05, 4.69) is 37.2 Å². The highest BCUT2D eigenvalue weighted by molar-refractivity contribution is 9.10. The van der Waals surface area contributed by atoms with Crippen molar-refractivity contribution in [3.05, 3.63) is 62.2 Å². The average molecular weight is 580 g/mol. The molecule has 2 aliphatic rings. The summed E-state index contributed by atoms with van der Waals surface area (Å²) in [4.78, 5) is 14.8. The number of methoxy groups -OCH3 is 1. The van der Waals surface area contributed by atoms with E-state index in [-0.39, 0.29) is 11.9 Å². The first kappa shape index (κ1) is 23.3. The molecule has 0 atom stereocenters. The Morgan fingerprint density at radius 2 is 1.84 bits per heavy atom. The van der Waals surface area contributed by atoms with Crippen LogP contribution in [0.2, 0.25) is 0 Å². The van der Waals surface area contributed by atoms with Crippen molar-refractivity contribution < 1.29 is 14.3 Å². The van der Waals surface area contributed by atoms with E-state index in [9.17, 15) is 4.79 Å². The van der Waals surface area contributed by atoms with Crippen LogP contribution in [0, 0.1) is 0 Å². The minimum Gasteiger partial charge on any atom is -0.493 e. The molecule has 0 bridgehead atoms. The largest absolute Gasteiger partial charge is 0.493 e. The number of nitrogens with one attached hydrogen (secondary N) is 1. The fraction of sp³-hybridized carbons (Fsp3) is 0.333. The Morgan fingerprint density at radius 3 is 2.53 bits per heavy atom. The molecule has 1 heterocycles. The highest BCUT2D eigenvalue weighted by atomic mass is 79.9. The summed E-state index contributed by atoms with van der Waals surface area (Å²) in [6.07, 6.45) is 7.32. The zero-order chi connectivity index (χ0) is 22.7. The molecule has 1 aliphatic heterocycles. The van der Waals surface area contributed by atoms with Crippen LogP contribution in [-0.2, 0) is 11.4 Å². The maximum atomic E-state index is 13.1. The quantitative estimate of drug-likeness (QED) is 0.327. The standard InChI is InChI=1S/C24H24Br2N2O3S/c1-30-21-12-16(19(26)13-22(21)31-14-15-7-9-17(25)10-8-15)11-20-23(29)28(24(32)27-20)18-5-3-2-4-6-18/h7-13,18H,2-6,14H2,1H3,(H,27,32)/b20-11-. The predicted octanol–water partition coefficient (Wildman–Crippen LogP) is 6.19. The number of halogens is 2. The van der Waals surface area contributed by atoms with Gasteiger partial charge < -0.3 is 14.8 Å². The molecule has 5 nitrogen and oxygen atoms in total. The Hall–Kier alpha value is -1.90. The molecular formula is C24H24Br2N2O3S. The van der Waals surface area contributed by atoms with E-state index >= 15 is 0 Å². The summed E-state index contributed by atoms with van der Waals surface area (Å²) >= 11 is 12.5.